The van der Waals surface area contributed by atoms with Crippen LogP contribution in [0.15, 0.2) is 30.6 Å². The highest BCUT2D eigenvalue weighted by atomic mass is 19.4. The van der Waals surface area contributed by atoms with Gasteiger partial charge >= 0.3 is 6.18 Å². The Bertz CT molecular complexity index is 619. The molecule has 1 N–H and O–H groups in total. The molecule has 0 bridgehead atoms. The van der Waals surface area contributed by atoms with Gasteiger partial charge in [-0.15, -0.1) is 0 Å². The lowest BCUT2D eigenvalue weighted by molar-refractivity contribution is -0.140. The molecule has 1 unspecified atom stereocenters. The van der Waals surface area contributed by atoms with Crippen molar-refractivity contribution in [2.75, 3.05) is 7.05 Å². The van der Waals surface area contributed by atoms with E-state index in [9.17, 15) is 17.6 Å². The lowest BCUT2D eigenvalue weighted by atomic mass is 10.0. The first-order valence-corrected chi connectivity index (χ1v) is 6.43. The van der Waals surface area contributed by atoms with Crippen LogP contribution < -0.4 is 5.32 Å². The topological polar surface area (TPSA) is 29.9 Å². The molecule has 3 nitrogen and oxygen atoms in total. The summed E-state index contributed by atoms with van der Waals surface area (Å²) in [4.78, 5) is 4.17. The summed E-state index contributed by atoms with van der Waals surface area (Å²) in [6, 6.07) is 2.45. The van der Waals surface area contributed by atoms with Crippen molar-refractivity contribution in [2.45, 2.75) is 25.7 Å². The number of hydrogen-bond donors (Lipinski definition) is 1. The second kappa shape index (κ2) is 5.85. The number of aryl methyl sites for hydroxylation is 1. The van der Waals surface area contributed by atoms with Crippen LogP contribution in [0.2, 0.25) is 0 Å². The predicted molar refractivity (Wildman–Crippen MR) is 70.2 cm³/mol. The number of rotatable bonds is 4. The molecule has 2 rings (SSSR count). The molecule has 0 aliphatic heterocycles. The maximum Gasteiger partial charge on any atom is 0.419 e. The minimum Gasteiger partial charge on any atom is -0.334 e. The van der Waals surface area contributed by atoms with Crippen molar-refractivity contribution < 1.29 is 17.6 Å². The Labute approximate surface area is 119 Å². The number of benzene rings is 1. The average molecular weight is 301 g/mol. The first kappa shape index (κ1) is 15.5. The molecule has 0 fully saturated rings. The van der Waals surface area contributed by atoms with Gasteiger partial charge in [0.2, 0.25) is 0 Å². The van der Waals surface area contributed by atoms with Crippen LogP contribution in [0.4, 0.5) is 17.6 Å². The van der Waals surface area contributed by atoms with E-state index >= 15 is 0 Å². The van der Waals surface area contributed by atoms with Crippen molar-refractivity contribution in [3.05, 3.63) is 53.4 Å². The van der Waals surface area contributed by atoms with E-state index in [0.29, 0.717) is 17.9 Å². The maximum atomic E-state index is 13.4. The Kier molecular flexibility index (Phi) is 4.32. The Balaban J connectivity index is 2.49. The van der Waals surface area contributed by atoms with Gasteiger partial charge in [-0.2, -0.15) is 13.2 Å². The summed E-state index contributed by atoms with van der Waals surface area (Å²) in [6.45, 7) is 2.55. The molecule has 2 aromatic rings. The minimum absolute atomic E-state index is 0.312. The van der Waals surface area contributed by atoms with E-state index < -0.39 is 23.6 Å². The molecule has 0 spiro atoms. The zero-order valence-electron chi connectivity index (χ0n) is 11.6. The van der Waals surface area contributed by atoms with Gasteiger partial charge in [-0.3, -0.25) is 0 Å². The average Bonchev–Trinajstić information content (AvgIpc) is 2.88. The molecule has 0 saturated carbocycles. The van der Waals surface area contributed by atoms with E-state index in [4.69, 9.17) is 0 Å². The van der Waals surface area contributed by atoms with Gasteiger partial charge in [0.15, 0.2) is 0 Å². The third kappa shape index (κ3) is 3.07. The fourth-order valence-electron chi connectivity index (χ4n) is 2.23. The molecule has 0 amide bonds. The van der Waals surface area contributed by atoms with Crippen molar-refractivity contribution in [1.29, 1.82) is 0 Å². The van der Waals surface area contributed by atoms with E-state index in [1.165, 1.54) is 6.07 Å². The predicted octanol–water partition coefficient (Wildman–Crippen LogP) is 3.37. The van der Waals surface area contributed by atoms with Crippen LogP contribution in [0.5, 0.6) is 0 Å². The Morgan fingerprint density at radius 2 is 2.05 bits per heavy atom. The van der Waals surface area contributed by atoms with E-state index in [2.05, 4.69) is 10.3 Å². The van der Waals surface area contributed by atoms with Crippen molar-refractivity contribution in [3.63, 3.8) is 0 Å². The normalized spacial score (nSPS) is 13.4. The van der Waals surface area contributed by atoms with Crippen LogP contribution >= 0.6 is 0 Å². The lowest BCUT2D eigenvalue weighted by Crippen LogP contribution is -2.22. The minimum atomic E-state index is -4.72. The van der Waals surface area contributed by atoms with Crippen LogP contribution in [-0.4, -0.2) is 16.6 Å². The quantitative estimate of drug-likeness (QED) is 0.878. The number of hydrogen-bond acceptors (Lipinski definition) is 2. The molecule has 1 aromatic carbocycles. The Morgan fingerprint density at radius 1 is 1.33 bits per heavy atom. The summed E-state index contributed by atoms with van der Waals surface area (Å²) in [5, 5.41) is 2.92. The molecular formula is C14H15F4N3. The van der Waals surface area contributed by atoms with Crippen molar-refractivity contribution >= 4 is 0 Å². The largest absolute Gasteiger partial charge is 0.419 e. The number of nitrogens with one attached hydrogen (secondary N) is 1. The van der Waals surface area contributed by atoms with Gasteiger partial charge in [-0.05, 0) is 31.7 Å². The number of alkyl halides is 3. The molecule has 0 aliphatic rings. The Morgan fingerprint density at radius 3 is 2.62 bits per heavy atom. The summed E-state index contributed by atoms with van der Waals surface area (Å²) in [5.41, 5.74) is -0.957. The smallest absolute Gasteiger partial charge is 0.334 e. The van der Waals surface area contributed by atoms with Gasteiger partial charge in [0.1, 0.15) is 11.6 Å². The first-order chi connectivity index (χ1) is 9.88. The van der Waals surface area contributed by atoms with E-state index in [-0.39, 0.29) is 0 Å². The number of nitrogens with zero attached hydrogens (tertiary/aromatic N) is 2. The molecule has 1 aromatic heterocycles. The van der Waals surface area contributed by atoms with E-state index in [1.54, 1.807) is 19.4 Å². The monoisotopic (exact) mass is 301 g/mol. The summed E-state index contributed by atoms with van der Waals surface area (Å²) in [7, 11) is 1.62. The summed E-state index contributed by atoms with van der Waals surface area (Å²) in [5.74, 6) is -0.695. The van der Waals surface area contributed by atoms with Gasteiger partial charge in [-0.25, -0.2) is 9.37 Å². The summed E-state index contributed by atoms with van der Waals surface area (Å²) >= 11 is 0. The van der Waals surface area contributed by atoms with Crippen LogP contribution in [0.1, 0.15) is 29.9 Å². The molecule has 7 heteroatoms. The zero-order valence-corrected chi connectivity index (χ0v) is 11.6. The van der Waals surface area contributed by atoms with Crippen molar-refractivity contribution in [1.82, 2.24) is 14.9 Å². The van der Waals surface area contributed by atoms with Crippen LogP contribution in [0.25, 0.3) is 0 Å². The number of imidazole rings is 1. The fraction of sp³-hybridized carbons (Fsp3) is 0.357. The molecule has 0 radical (unpaired) electrons. The molecule has 114 valence electrons. The van der Waals surface area contributed by atoms with Crippen LogP contribution in [0.3, 0.4) is 0 Å². The van der Waals surface area contributed by atoms with Gasteiger partial charge in [0, 0.05) is 18.9 Å². The molecule has 21 heavy (non-hydrogen) atoms. The van der Waals surface area contributed by atoms with Crippen LogP contribution in [-0.2, 0) is 12.7 Å². The van der Waals surface area contributed by atoms with E-state index in [1.807, 2.05) is 11.5 Å². The Hall–Kier alpha value is -1.89. The van der Waals surface area contributed by atoms with Crippen molar-refractivity contribution in [2.24, 2.45) is 0 Å². The van der Waals surface area contributed by atoms with Gasteiger partial charge in [0.25, 0.3) is 0 Å². The van der Waals surface area contributed by atoms with Crippen molar-refractivity contribution in [3.8, 4) is 0 Å². The first-order valence-electron chi connectivity index (χ1n) is 6.43. The summed E-state index contributed by atoms with van der Waals surface area (Å²) < 4.78 is 53.6. The molecule has 0 aliphatic carbocycles. The van der Waals surface area contributed by atoms with E-state index in [0.717, 1.165) is 12.1 Å². The molecule has 0 saturated heterocycles. The van der Waals surface area contributed by atoms with Gasteiger partial charge in [-0.1, -0.05) is 6.07 Å². The highest BCUT2D eigenvalue weighted by Crippen LogP contribution is 2.33. The second-order valence-corrected chi connectivity index (χ2v) is 4.53. The number of halogens is 4. The third-order valence-corrected chi connectivity index (χ3v) is 3.26. The number of aromatic nitrogens is 2. The fourth-order valence-corrected chi connectivity index (χ4v) is 2.23. The summed E-state index contributed by atoms with van der Waals surface area (Å²) in [6.07, 6.45) is -1.40. The maximum absolute atomic E-state index is 13.4. The standard InChI is InChI=1S/C14H15F4N3/c1-3-21-7-6-20-13(21)12(19-2)9-4-5-11(15)10(8-9)14(16,17)18/h4-8,12,19H,3H2,1-2H3. The highest BCUT2D eigenvalue weighted by Gasteiger charge is 2.35. The molecule has 1 atom stereocenters. The molecular weight excluding hydrogens is 286 g/mol. The SMILES string of the molecule is CCn1ccnc1C(NC)c1ccc(F)c(C(F)(F)F)c1. The molecule has 1 heterocycles. The highest BCUT2D eigenvalue weighted by molar-refractivity contribution is 5.32. The van der Waals surface area contributed by atoms with Crippen LogP contribution in [0, 0.1) is 5.82 Å². The third-order valence-electron chi connectivity index (χ3n) is 3.26. The van der Waals surface area contributed by atoms with Gasteiger partial charge in [0.05, 0.1) is 11.6 Å². The second-order valence-electron chi connectivity index (χ2n) is 4.53. The lowest BCUT2D eigenvalue weighted by Gasteiger charge is -2.19. The van der Waals surface area contributed by atoms with Gasteiger partial charge < -0.3 is 9.88 Å². The zero-order chi connectivity index (χ0) is 15.6.